The van der Waals surface area contributed by atoms with Crippen LogP contribution in [0.4, 0.5) is 11.6 Å². The first-order valence-corrected chi connectivity index (χ1v) is 12.5. The van der Waals surface area contributed by atoms with Gasteiger partial charge >= 0.3 is 0 Å². The molecule has 2 aliphatic heterocycles. The van der Waals surface area contributed by atoms with Gasteiger partial charge in [0.05, 0.1) is 18.1 Å². The second-order valence-corrected chi connectivity index (χ2v) is 9.93. The number of morpholine rings is 1. The Bertz CT molecular complexity index is 954. The molecule has 3 heterocycles. The maximum Gasteiger partial charge on any atom is 0.263 e. The van der Waals surface area contributed by atoms with E-state index in [9.17, 15) is 4.79 Å². The molecule has 1 aliphatic carbocycles. The number of carbonyl (C=O) groups excluding carboxylic acids is 1. The highest BCUT2D eigenvalue weighted by Crippen LogP contribution is 2.42. The van der Waals surface area contributed by atoms with Crippen LogP contribution in [0.15, 0.2) is 51.8 Å². The zero-order valence-corrected chi connectivity index (χ0v) is 19.4. The minimum Gasteiger partial charge on any atom is -0.441 e. The molecule has 1 saturated carbocycles. The lowest BCUT2D eigenvalue weighted by Crippen LogP contribution is -2.48. The van der Waals surface area contributed by atoms with Gasteiger partial charge in [-0.15, -0.1) is 0 Å². The van der Waals surface area contributed by atoms with Gasteiger partial charge in [0.25, 0.3) is 5.91 Å². The van der Waals surface area contributed by atoms with Gasteiger partial charge in [-0.2, -0.15) is 0 Å². The van der Waals surface area contributed by atoms with E-state index in [1.54, 1.807) is 11.8 Å². The summed E-state index contributed by atoms with van der Waals surface area (Å²) in [4.78, 5) is 18.6. The molecule has 0 bridgehead atoms. The number of amides is 1. The Balaban J connectivity index is 1.39. The van der Waals surface area contributed by atoms with E-state index in [0.29, 0.717) is 19.1 Å². The lowest BCUT2D eigenvalue weighted by molar-refractivity contribution is -0.129. The molecule has 0 spiro atoms. The summed E-state index contributed by atoms with van der Waals surface area (Å²) in [5.41, 5.74) is 0.912. The fourth-order valence-corrected chi connectivity index (χ4v) is 6.06. The second-order valence-electron chi connectivity index (χ2n) is 8.81. The molecule has 1 aromatic carbocycles. The van der Waals surface area contributed by atoms with E-state index >= 15 is 0 Å². The molecule has 1 amide bonds. The predicted octanol–water partition coefficient (Wildman–Crippen LogP) is 5.01. The number of benzene rings is 1. The van der Waals surface area contributed by atoms with Crippen molar-refractivity contribution in [2.24, 2.45) is 5.92 Å². The molecule has 32 heavy (non-hydrogen) atoms. The van der Waals surface area contributed by atoms with Gasteiger partial charge < -0.3 is 24.3 Å². The topological polar surface area (TPSA) is 58.0 Å². The summed E-state index contributed by atoms with van der Waals surface area (Å²) in [7, 11) is 0. The van der Waals surface area contributed by atoms with E-state index in [1.165, 1.54) is 19.3 Å². The lowest BCUT2D eigenvalue weighted by atomic mass is 9.85. The molecule has 1 aromatic heterocycles. The highest BCUT2D eigenvalue weighted by atomic mass is 32.2. The van der Waals surface area contributed by atoms with Crippen LogP contribution in [0, 0.1) is 5.92 Å². The smallest absolute Gasteiger partial charge is 0.263 e. The number of furan rings is 1. The molecule has 170 valence electrons. The van der Waals surface area contributed by atoms with Crippen molar-refractivity contribution < 1.29 is 13.9 Å². The molecule has 3 fully saturated rings. The Kier molecular flexibility index (Phi) is 6.46. The summed E-state index contributed by atoms with van der Waals surface area (Å²) >= 11 is 1.59. The van der Waals surface area contributed by atoms with E-state index in [-0.39, 0.29) is 17.4 Å². The van der Waals surface area contributed by atoms with Gasteiger partial charge in [0.15, 0.2) is 11.4 Å². The van der Waals surface area contributed by atoms with Gasteiger partial charge in [0.1, 0.15) is 5.76 Å². The van der Waals surface area contributed by atoms with E-state index in [1.807, 2.05) is 36.4 Å². The van der Waals surface area contributed by atoms with E-state index in [0.717, 1.165) is 41.7 Å². The highest BCUT2D eigenvalue weighted by molar-refractivity contribution is 8.05. The third kappa shape index (κ3) is 4.55. The third-order valence-electron chi connectivity index (χ3n) is 6.63. The van der Waals surface area contributed by atoms with Crippen LogP contribution in [0.1, 0.15) is 38.4 Å². The lowest BCUT2D eigenvalue weighted by Gasteiger charge is -2.39. The highest BCUT2D eigenvalue weighted by Gasteiger charge is 2.43. The van der Waals surface area contributed by atoms with Gasteiger partial charge in [0.2, 0.25) is 0 Å². The number of anilines is 2. The minimum atomic E-state index is -0.115. The summed E-state index contributed by atoms with van der Waals surface area (Å²) in [6.07, 6.45) is 6.59. The molecule has 3 atom stereocenters. The normalized spacial score (nSPS) is 27.8. The number of carbonyl (C=O) groups is 1. The first kappa shape index (κ1) is 21.5. The van der Waals surface area contributed by atoms with E-state index in [4.69, 9.17) is 9.15 Å². The van der Waals surface area contributed by atoms with Gasteiger partial charge in [-0.05, 0) is 37.0 Å². The van der Waals surface area contributed by atoms with Crippen molar-refractivity contribution in [1.29, 1.82) is 0 Å². The largest absolute Gasteiger partial charge is 0.441 e. The summed E-state index contributed by atoms with van der Waals surface area (Å²) in [6.45, 7) is 5.37. The summed E-state index contributed by atoms with van der Waals surface area (Å²) in [5, 5.41) is 3.59. The summed E-state index contributed by atoms with van der Waals surface area (Å²) in [5.74, 6) is 2.17. The molecule has 1 N–H and O–H groups in total. The Morgan fingerprint density at radius 1 is 1.06 bits per heavy atom. The van der Waals surface area contributed by atoms with Crippen molar-refractivity contribution in [3.05, 3.63) is 53.1 Å². The van der Waals surface area contributed by atoms with Crippen LogP contribution >= 0.6 is 11.8 Å². The van der Waals surface area contributed by atoms with Crippen molar-refractivity contribution in [3.8, 4) is 0 Å². The number of ether oxygens (including phenoxy) is 1. The molecule has 2 aromatic rings. The standard InChI is InChI=1S/C25H31N3O3S/c1-18-7-5-6-10-21(18)28-24(29)22(32-25(28)26-19-8-3-2-4-9-19)17-20-11-12-23(31-20)27-13-15-30-16-14-27/h2-4,8-9,11-12,17-18,21,25-26H,5-7,10,13-16H2,1H3/b22-17-/t18-,21-,25?/m1/s1. The third-order valence-corrected chi connectivity index (χ3v) is 7.75. The minimum absolute atomic E-state index is 0.103. The molecule has 0 radical (unpaired) electrons. The van der Waals surface area contributed by atoms with E-state index < -0.39 is 0 Å². The number of hydrogen-bond acceptors (Lipinski definition) is 6. The van der Waals surface area contributed by atoms with Crippen LogP contribution in [0.2, 0.25) is 0 Å². The van der Waals surface area contributed by atoms with Crippen molar-refractivity contribution in [2.75, 3.05) is 36.5 Å². The Morgan fingerprint density at radius 3 is 2.62 bits per heavy atom. The Labute approximate surface area is 194 Å². The summed E-state index contributed by atoms with van der Waals surface area (Å²) in [6, 6.07) is 14.4. The molecule has 1 unspecified atom stereocenters. The number of para-hydroxylation sites is 1. The van der Waals surface area contributed by atoms with Crippen LogP contribution in [-0.2, 0) is 9.53 Å². The molecule has 2 saturated heterocycles. The van der Waals surface area contributed by atoms with Crippen molar-refractivity contribution >= 4 is 35.3 Å². The van der Waals surface area contributed by atoms with Crippen molar-refractivity contribution in [1.82, 2.24) is 4.90 Å². The Morgan fingerprint density at radius 2 is 1.84 bits per heavy atom. The van der Waals surface area contributed by atoms with Gasteiger partial charge in [-0.1, -0.05) is 49.7 Å². The Hall–Kier alpha value is -2.38. The first-order valence-electron chi connectivity index (χ1n) is 11.6. The maximum absolute atomic E-state index is 13.6. The van der Waals surface area contributed by atoms with Crippen LogP contribution < -0.4 is 10.2 Å². The molecule has 3 aliphatic rings. The molecule has 5 rings (SSSR count). The molecular formula is C25H31N3O3S. The number of hydrogen-bond donors (Lipinski definition) is 1. The number of rotatable bonds is 5. The molecule has 7 heteroatoms. The van der Waals surface area contributed by atoms with Crippen LogP contribution in [0.25, 0.3) is 6.08 Å². The predicted molar refractivity (Wildman–Crippen MR) is 129 cm³/mol. The zero-order valence-electron chi connectivity index (χ0n) is 18.5. The van der Waals surface area contributed by atoms with Crippen LogP contribution in [-0.4, -0.2) is 48.7 Å². The SMILES string of the molecule is C[C@@H]1CCCC[C@H]1N1C(=O)/C(=C/c2ccc(N3CCOCC3)o2)SC1Nc1ccccc1. The number of thioether (sulfide) groups is 1. The average molecular weight is 454 g/mol. The van der Waals surface area contributed by atoms with Gasteiger partial charge in [-0.25, -0.2) is 0 Å². The first-order chi connectivity index (χ1) is 15.7. The number of nitrogens with zero attached hydrogens (tertiary/aromatic N) is 2. The summed E-state index contributed by atoms with van der Waals surface area (Å²) < 4.78 is 11.5. The van der Waals surface area contributed by atoms with E-state index in [2.05, 4.69) is 34.2 Å². The van der Waals surface area contributed by atoms with Crippen molar-refractivity contribution in [3.63, 3.8) is 0 Å². The fraction of sp³-hybridized carbons (Fsp3) is 0.480. The second kappa shape index (κ2) is 9.63. The molecular weight excluding hydrogens is 422 g/mol. The zero-order chi connectivity index (χ0) is 21.9. The monoisotopic (exact) mass is 453 g/mol. The van der Waals surface area contributed by atoms with Gasteiger partial charge in [-0.3, -0.25) is 4.79 Å². The van der Waals surface area contributed by atoms with Gasteiger partial charge in [0, 0.05) is 37.0 Å². The average Bonchev–Trinajstić information content (AvgIpc) is 3.41. The quantitative estimate of drug-likeness (QED) is 0.643. The number of nitrogens with one attached hydrogen (secondary N) is 1. The maximum atomic E-state index is 13.6. The van der Waals surface area contributed by atoms with Crippen LogP contribution in [0.3, 0.4) is 0 Å². The van der Waals surface area contributed by atoms with Crippen molar-refractivity contribution in [2.45, 2.75) is 44.1 Å². The molecule has 6 nitrogen and oxygen atoms in total. The fourth-order valence-electron chi connectivity index (χ4n) is 4.87. The van der Waals surface area contributed by atoms with Crippen LogP contribution in [0.5, 0.6) is 0 Å².